The highest BCUT2D eigenvalue weighted by molar-refractivity contribution is 5.73. The molecule has 0 saturated carbocycles. The van der Waals surface area contributed by atoms with E-state index >= 15 is 0 Å². The van der Waals surface area contributed by atoms with Crippen molar-refractivity contribution in [2.75, 3.05) is 13.1 Å². The van der Waals surface area contributed by atoms with E-state index in [1.165, 1.54) is 0 Å². The lowest BCUT2D eigenvalue weighted by molar-refractivity contribution is -0.137. The van der Waals surface area contributed by atoms with E-state index in [0.29, 0.717) is 19.0 Å². The first-order chi connectivity index (χ1) is 7.91. The molecule has 0 rings (SSSR count). The molecule has 0 bridgehead atoms. The molecular formula is C12H24N2O3. The third kappa shape index (κ3) is 11.0. The van der Waals surface area contributed by atoms with Gasteiger partial charge < -0.3 is 15.7 Å². The minimum absolute atomic E-state index is 0.0473. The Morgan fingerprint density at radius 1 is 1.18 bits per heavy atom. The second-order valence-corrected chi connectivity index (χ2v) is 4.88. The van der Waals surface area contributed by atoms with Crippen molar-refractivity contribution in [3.63, 3.8) is 0 Å². The first-order valence-electron chi connectivity index (χ1n) is 6.15. The fourth-order valence-electron chi connectivity index (χ4n) is 1.41. The van der Waals surface area contributed by atoms with Crippen molar-refractivity contribution in [3.8, 4) is 0 Å². The van der Waals surface area contributed by atoms with E-state index < -0.39 is 5.97 Å². The predicted molar refractivity (Wildman–Crippen MR) is 66.9 cm³/mol. The van der Waals surface area contributed by atoms with Crippen LogP contribution >= 0.6 is 0 Å². The van der Waals surface area contributed by atoms with Gasteiger partial charge in [-0.25, -0.2) is 4.79 Å². The molecule has 0 aromatic rings. The number of rotatable bonds is 8. The molecule has 5 nitrogen and oxygen atoms in total. The summed E-state index contributed by atoms with van der Waals surface area (Å²) in [5, 5.41) is 14.0. The Kier molecular flexibility index (Phi) is 8.19. The van der Waals surface area contributed by atoms with E-state index in [9.17, 15) is 9.59 Å². The van der Waals surface area contributed by atoms with Crippen molar-refractivity contribution in [3.05, 3.63) is 0 Å². The lowest BCUT2D eigenvalue weighted by Gasteiger charge is -2.11. The van der Waals surface area contributed by atoms with Crippen LogP contribution < -0.4 is 10.6 Å². The standard InChI is InChI=1S/C12H24N2O3/c1-9(2)5-4-6-13-12(17)14-8-10(3)7-11(15)16/h9-10H,4-8H2,1-3H3,(H,15,16)(H2,13,14,17). The molecule has 17 heavy (non-hydrogen) atoms. The maximum Gasteiger partial charge on any atom is 0.314 e. The molecule has 0 saturated heterocycles. The lowest BCUT2D eigenvalue weighted by atomic mass is 10.1. The molecule has 0 heterocycles. The maximum atomic E-state index is 11.3. The van der Waals surface area contributed by atoms with Crippen molar-refractivity contribution in [1.29, 1.82) is 0 Å². The average molecular weight is 244 g/mol. The van der Waals surface area contributed by atoms with Crippen molar-refractivity contribution in [1.82, 2.24) is 10.6 Å². The van der Waals surface area contributed by atoms with E-state index in [0.717, 1.165) is 12.8 Å². The van der Waals surface area contributed by atoms with Gasteiger partial charge in [0.2, 0.25) is 0 Å². The minimum Gasteiger partial charge on any atom is -0.481 e. The fraction of sp³-hybridized carbons (Fsp3) is 0.833. The third-order valence-corrected chi connectivity index (χ3v) is 2.38. The molecule has 5 heteroatoms. The van der Waals surface area contributed by atoms with E-state index in [1.54, 1.807) is 6.92 Å². The molecule has 0 aliphatic heterocycles. The van der Waals surface area contributed by atoms with Gasteiger partial charge in [0.15, 0.2) is 0 Å². The summed E-state index contributed by atoms with van der Waals surface area (Å²) in [5.41, 5.74) is 0. The van der Waals surface area contributed by atoms with E-state index in [1.807, 2.05) is 0 Å². The summed E-state index contributed by atoms with van der Waals surface area (Å²) in [6, 6.07) is -0.217. The maximum absolute atomic E-state index is 11.3. The van der Waals surface area contributed by atoms with Crippen LogP contribution in [0, 0.1) is 11.8 Å². The number of amides is 2. The second-order valence-electron chi connectivity index (χ2n) is 4.88. The number of carbonyl (C=O) groups is 2. The molecule has 0 spiro atoms. The van der Waals surface area contributed by atoms with Gasteiger partial charge in [-0.05, 0) is 24.7 Å². The highest BCUT2D eigenvalue weighted by Gasteiger charge is 2.08. The van der Waals surface area contributed by atoms with Crippen LogP contribution in [0.25, 0.3) is 0 Å². The normalized spacial score (nSPS) is 12.2. The fourth-order valence-corrected chi connectivity index (χ4v) is 1.41. The molecule has 0 radical (unpaired) electrons. The molecule has 0 aliphatic rings. The molecule has 2 amide bonds. The Morgan fingerprint density at radius 2 is 1.82 bits per heavy atom. The highest BCUT2D eigenvalue weighted by atomic mass is 16.4. The molecule has 0 aromatic heterocycles. The van der Waals surface area contributed by atoms with Crippen molar-refractivity contribution >= 4 is 12.0 Å². The smallest absolute Gasteiger partial charge is 0.314 e. The van der Waals surface area contributed by atoms with Crippen molar-refractivity contribution in [2.45, 2.75) is 40.0 Å². The van der Waals surface area contributed by atoms with E-state index in [2.05, 4.69) is 24.5 Å². The molecule has 0 fully saturated rings. The quantitative estimate of drug-likeness (QED) is 0.570. The van der Waals surface area contributed by atoms with Crippen LogP contribution in [0.1, 0.15) is 40.0 Å². The highest BCUT2D eigenvalue weighted by Crippen LogP contribution is 2.01. The summed E-state index contributed by atoms with van der Waals surface area (Å²) in [6.45, 7) is 7.15. The third-order valence-electron chi connectivity index (χ3n) is 2.38. The Morgan fingerprint density at radius 3 is 2.35 bits per heavy atom. The summed E-state index contributed by atoms with van der Waals surface area (Å²) in [5.74, 6) is -0.235. The minimum atomic E-state index is -0.836. The van der Waals surface area contributed by atoms with E-state index in [-0.39, 0.29) is 18.4 Å². The second kappa shape index (κ2) is 8.84. The lowest BCUT2D eigenvalue weighted by Crippen LogP contribution is -2.38. The number of aliphatic carboxylic acids is 1. The Labute approximate surface area is 103 Å². The van der Waals surface area contributed by atoms with Gasteiger partial charge in [-0.3, -0.25) is 4.79 Å². The Balaban J connectivity index is 3.49. The summed E-state index contributed by atoms with van der Waals surface area (Å²) in [4.78, 5) is 21.7. The predicted octanol–water partition coefficient (Wildman–Crippen LogP) is 1.83. The Bertz CT molecular complexity index is 242. The van der Waals surface area contributed by atoms with Gasteiger partial charge in [0.1, 0.15) is 0 Å². The zero-order valence-electron chi connectivity index (χ0n) is 11.0. The van der Waals surface area contributed by atoms with Crippen LogP contribution in [0.4, 0.5) is 4.79 Å². The van der Waals surface area contributed by atoms with Gasteiger partial charge in [0.05, 0.1) is 0 Å². The van der Waals surface area contributed by atoms with Crippen LogP contribution in [-0.2, 0) is 4.79 Å². The monoisotopic (exact) mass is 244 g/mol. The first-order valence-corrected chi connectivity index (χ1v) is 6.15. The Hall–Kier alpha value is -1.26. The molecule has 0 aromatic carbocycles. The number of hydrogen-bond donors (Lipinski definition) is 3. The van der Waals surface area contributed by atoms with Crippen LogP contribution in [0.5, 0.6) is 0 Å². The number of carboxylic acids is 1. The SMILES string of the molecule is CC(C)CCCNC(=O)NCC(C)CC(=O)O. The summed E-state index contributed by atoms with van der Waals surface area (Å²) in [6.07, 6.45) is 2.14. The van der Waals surface area contributed by atoms with Gasteiger partial charge in [-0.1, -0.05) is 20.8 Å². The average Bonchev–Trinajstić information content (AvgIpc) is 2.20. The summed E-state index contributed by atoms with van der Waals surface area (Å²) >= 11 is 0. The van der Waals surface area contributed by atoms with Crippen LogP contribution in [0.2, 0.25) is 0 Å². The van der Waals surface area contributed by atoms with Crippen molar-refractivity contribution < 1.29 is 14.7 Å². The number of nitrogens with one attached hydrogen (secondary N) is 2. The molecule has 1 unspecified atom stereocenters. The zero-order valence-corrected chi connectivity index (χ0v) is 11.0. The number of urea groups is 1. The summed E-state index contributed by atoms with van der Waals surface area (Å²) in [7, 11) is 0. The summed E-state index contributed by atoms with van der Waals surface area (Å²) < 4.78 is 0. The van der Waals surface area contributed by atoms with Crippen LogP contribution in [0.3, 0.4) is 0 Å². The van der Waals surface area contributed by atoms with Crippen molar-refractivity contribution in [2.24, 2.45) is 11.8 Å². The van der Waals surface area contributed by atoms with E-state index in [4.69, 9.17) is 5.11 Å². The van der Waals surface area contributed by atoms with Crippen LogP contribution in [-0.4, -0.2) is 30.2 Å². The largest absolute Gasteiger partial charge is 0.481 e. The van der Waals surface area contributed by atoms with Gasteiger partial charge >= 0.3 is 12.0 Å². The zero-order chi connectivity index (χ0) is 13.3. The molecular weight excluding hydrogens is 220 g/mol. The number of hydrogen-bond acceptors (Lipinski definition) is 2. The van der Waals surface area contributed by atoms with Gasteiger partial charge in [-0.15, -0.1) is 0 Å². The molecule has 3 N–H and O–H groups in total. The molecule has 1 atom stereocenters. The topological polar surface area (TPSA) is 78.4 Å². The molecule has 100 valence electrons. The van der Waals surface area contributed by atoms with Gasteiger partial charge in [-0.2, -0.15) is 0 Å². The van der Waals surface area contributed by atoms with Gasteiger partial charge in [0, 0.05) is 19.5 Å². The van der Waals surface area contributed by atoms with Crippen LogP contribution in [0.15, 0.2) is 0 Å². The van der Waals surface area contributed by atoms with Gasteiger partial charge in [0.25, 0.3) is 0 Å². The molecule has 0 aliphatic carbocycles. The number of carboxylic acid groups (broad SMARTS) is 1. The number of carbonyl (C=O) groups excluding carboxylic acids is 1. The first kappa shape index (κ1) is 15.7.